The molecule has 3 N–H and O–H groups in total. The number of carbonyl (C=O) groups excluding carboxylic acids is 2. The zero-order valence-electron chi connectivity index (χ0n) is 21.0. The molecule has 35 heavy (non-hydrogen) atoms. The van der Waals surface area contributed by atoms with Gasteiger partial charge in [-0.1, -0.05) is 62.4 Å². The number of Topliss-reactive ketones (excluding diaryl/α,β-unsaturated/α-hetero) is 1. The van der Waals surface area contributed by atoms with Crippen LogP contribution < -0.4 is 11.1 Å². The Labute approximate surface area is 207 Å². The largest absolute Gasteiger partial charge is 0.433 e. The molecular formula is C28H36N4O3. The molecule has 0 aliphatic carbocycles. The van der Waals surface area contributed by atoms with E-state index in [-0.39, 0.29) is 23.4 Å². The molecular weight excluding hydrogens is 440 g/mol. The highest BCUT2D eigenvalue weighted by Crippen LogP contribution is 2.24. The van der Waals surface area contributed by atoms with Crippen molar-refractivity contribution in [2.75, 3.05) is 14.1 Å². The maximum atomic E-state index is 13.8. The highest BCUT2D eigenvalue weighted by atomic mass is 16.4. The number of rotatable bonds is 12. The Morgan fingerprint density at radius 1 is 1.03 bits per heavy atom. The quantitative estimate of drug-likeness (QED) is 0.382. The lowest BCUT2D eigenvalue weighted by molar-refractivity contribution is -0.123. The monoisotopic (exact) mass is 476 g/mol. The van der Waals surface area contributed by atoms with Gasteiger partial charge in [-0.05, 0) is 57.0 Å². The van der Waals surface area contributed by atoms with Crippen LogP contribution in [-0.2, 0) is 17.8 Å². The SMILES string of the molecule is CC(C)CC(N)C(=O)NC(CCc1ccccc1)C(=O)c1oc(-c2ccccc2)nc1CN(C)C. The Morgan fingerprint density at radius 3 is 2.26 bits per heavy atom. The minimum atomic E-state index is -0.779. The molecule has 1 heterocycles. The summed E-state index contributed by atoms with van der Waals surface area (Å²) in [6.45, 7) is 4.46. The van der Waals surface area contributed by atoms with Gasteiger partial charge in [-0.2, -0.15) is 0 Å². The highest BCUT2D eigenvalue weighted by molar-refractivity contribution is 6.01. The van der Waals surface area contributed by atoms with Crippen LogP contribution >= 0.6 is 0 Å². The summed E-state index contributed by atoms with van der Waals surface area (Å²) in [5, 5.41) is 2.91. The van der Waals surface area contributed by atoms with E-state index >= 15 is 0 Å². The number of nitrogens with two attached hydrogens (primary N) is 1. The summed E-state index contributed by atoms with van der Waals surface area (Å²) in [6, 6.07) is 17.9. The third-order valence-corrected chi connectivity index (χ3v) is 5.67. The molecule has 7 nitrogen and oxygen atoms in total. The second-order valence-corrected chi connectivity index (χ2v) is 9.58. The van der Waals surface area contributed by atoms with Crippen molar-refractivity contribution in [3.8, 4) is 11.5 Å². The first-order chi connectivity index (χ1) is 16.7. The summed E-state index contributed by atoms with van der Waals surface area (Å²) in [7, 11) is 3.81. The Kier molecular flexibility index (Phi) is 9.34. The normalized spacial score (nSPS) is 13.1. The van der Waals surface area contributed by atoms with Crippen molar-refractivity contribution in [1.82, 2.24) is 15.2 Å². The second-order valence-electron chi connectivity index (χ2n) is 9.58. The molecule has 0 spiro atoms. The lowest BCUT2D eigenvalue weighted by Gasteiger charge is -2.21. The van der Waals surface area contributed by atoms with Crippen molar-refractivity contribution in [3.05, 3.63) is 77.7 Å². The van der Waals surface area contributed by atoms with Crippen LogP contribution in [0, 0.1) is 5.92 Å². The van der Waals surface area contributed by atoms with Crippen LogP contribution in [0.2, 0.25) is 0 Å². The molecule has 2 atom stereocenters. The topological polar surface area (TPSA) is 101 Å². The van der Waals surface area contributed by atoms with Crippen LogP contribution in [0.1, 0.15) is 48.5 Å². The molecule has 0 fully saturated rings. The van der Waals surface area contributed by atoms with Crippen LogP contribution in [0.15, 0.2) is 65.1 Å². The van der Waals surface area contributed by atoms with Crippen molar-refractivity contribution in [1.29, 1.82) is 0 Å². The first kappa shape index (κ1) is 26.3. The maximum Gasteiger partial charge on any atom is 0.237 e. The third-order valence-electron chi connectivity index (χ3n) is 5.67. The molecule has 7 heteroatoms. The molecule has 0 radical (unpaired) electrons. The molecule has 2 unspecified atom stereocenters. The molecule has 2 aromatic carbocycles. The van der Waals surface area contributed by atoms with E-state index in [0.29, 0.717) is 37.4 Å². The maximum absolute atomic E-state index is 13.8. The Bertz CT molecular complexity index is 1090. The first-order valence-corrected chi connectivity index (χ1v) is 12.1. The van der Waals surface area contributed by atoms with Gasteiger partial charge in [0.25, 0.3) is 0 Å². The van der Waals surface area contributed by atoms with Gasteiger partial charge in [-0.25, -0.2) is 4.98 Å². The van der Waals surface area contributed by atoms with Crippen LogP contribution in [0.3, 0.4) is 0 Å². The first-order valence-electron chi connectivity index (χ1n) is 12.1. The second kappa shape index (κ2) is 12.4. The van der Waals surface area contributed by atoms with Gasteiger partial charge in [0.05, 0.1) is 12.1 Å². The number of ketones is 1. The molecule has 0 saturated carbocycles. The Hall–Kier alpha value is -3.29. The van der Waals surface area contributed by atoms with Gasteiger partial charge in [0.15, 0.2) is 5.76 Å². The smallest absolute Gasteiger partial charge is 0.237 e. The van der Waals surface area contributed by atoms with Gasteiger partial charge < -0.3 is 20.4 Å². The predicted molar refractivity (Wildman–Crippen MR) is 138 cm³/mol. The molecule has 1 amide bonds. The van der Waals surface area contributed by atoms with Gasteiger partial charge in [-0.15, -0.1) is 0 Å². The number of aromatic nitrogens is 1. The van der Waals surface area contributed by atoms with Gasteiger partial charge in [0.1, 0.15) is 5.69 Å². The van der Waals surface area contributed by atoms with E-state index in [1.165, 1.54) is 0 Å². The van der Waals surface area contributed by atoms with Gasteiger partial charge >= 0.3 is 0 Å². The summed E-state index contributed by atoms with van der Waals surface area (Å²) in [6.07, 6.45) is 1.59. The average Bonchev–Trinajstić information content (AvgIpc) is 3.25. The molecule has 0 bridgehead atoms. The average molecular weight is 477 g/mol. The fourth-order valence-electron chi connectivity index (χ4n) is 3.93. The van der Waals surface area contributed by atoms with Crippen molar-refractivity contribution in [2.45, 2.75) is 51.7 Å². The molecule has 0 saturated heterocycles. The van der Waals surface area contributed by atoms with E-state index in [2.05, 4.69) is 10.3 Å². The number of amides is 1. The summed E-state index contributed by atoms with van der Waals surface area (Å²) in [5.74, 6) is 0.201. The zero-order chi connectivity index (χ0) is 25.4. The van der Waals surface area contributed by atoms with Crippen molar-refractivity contribution in [3.63, 3.8) is 0 Å². The van der Waals surface area contributed by atoms with Crippen LogP contribution in [0.4, 0.5) is 0 Å². The van der Waals surface area contributed by atoms with Crippen molar-refractivity contribution in [2.24, 2.45) is 11.7 Å². The van der Waals surface area contributed by atoms with Crippen molar-refractivity contribution < 1.29 is 14.0 Å². The lowest BCUT2D eigenvalue weighted by atomic mass is 9.98. The summed E-state index contributed by atoms with van der Waals surface area (Å²) in [4.78, 5) is 33.2. The molecule has 0 aliphatic heterocycles. The van der Waals surface area contributed by atoms with E-state index in [1.807, 2.05) is 93.5 Å². The molecule has 186 valence electrons. The van der Waals surface area contributed by atoms with Crippen LogP contribution in [0.5, 0.6) is 0 Å². The van der Waals surface area contributed by atoms with Gasteiger partial charge in [0, 0.05) is 12.1 Å². The summed E-state index contributed by atoms with van der Waals surface area (Å²) in [5.41, 5.74) is 8.54. The fourth-order valence-corrected chi connectivity index (χ4v) is 3.93. The highest BCUT2D eigenvalue weighted by Gasteiger charge is 2.30. The van der Waals surface area contributed by atoms with Gasteiger partial charge in [-0.3, -0.25) is 9.59 Å². The number of hydrogen-bond donors (Lipinski definition) is 2. The zero-order valence-corrected chi connectivity index (χ0v) is 21.0. The number of benzene rings is 2. The molecule has 3 rings (SSSR count). The Morgan fingerprint density at radius 2 is 1.66 bits per heavy atom. The predicted octanol–water partition coefficient (Wildman–Crippen LogP) is 4.08. The minimum absolute atomic E-state index is 0.174. The lowest BCUT2D eigenvalue weighted by Crippen LogP contribution is -2.49. The number of aryl methyl sites for hydroxylation is 1. The van der Waals surface area contributed by atoms with Crippen molar-refractivity contribution >= 4 is 11.7 Å². The Balaban J connectivity index is 1.91. The molecule has 0 aliphatic rings. The van der Waals surface area contributed by atoms with E-state index in [1.54, 1.807) is 0 Å². The standard InChI is InChI=1S/C28H36N4O3/c1-19(2)17-22(29)27(34)30-23(16-15-20-11-7-5-8-12-20)25(33)26-24(18-32(3)4)31-28(35-26)21-13-9-6-10-14-21/h5-14,19,22-23H,15-18,29H2,1-4H3,(H,30,34). The number of nitrogens with one attached hydrogen (secondary N) is 1. The molecule has 1 aromatic heterocycles. The van der Waals surface area contributed by atoms with E-state index < -0.39 is 12.1 Å². The van der Waals surface area contributed by atoms with Gasteiger partial charge in [0.2, 0.25) is 17.6 Å². The number of hydrogen-bond acceptors (Lipinski definition) is 6. The molecule has 3 aromatic rings. The fraction of sp³-hybridized carbons (Fsp3) is 0.393. The number of carbonyl (C=O) groups is 2. The minimum Gasteiger partial charge on any atom is -0.433 e. The van der Waals surface area contributed by atoms with Crippen LogP contribution in [-0.4, -0.2) is 47.8 Å². The number of oxazole rings is 1. The van der Waals surface area contributed by atoms with E-state index in [9.17, 15) is 9.59 Å². The van der Waals surface area contributed by atoms with E-state index in [4.69, 9.17) is 10.2 Å². The van der Waals surface area contributed by atoms with E-state index in [0.717, 1.165) is 11.1 Å². The number of nitrogens with zero attached hydrogens (tertiary/aromatic N) is 2. The third kappa shape index (κ3) is 7.60. The summed E-state index contributed by atoms with van der Waals surface area (Å²) < 4.78 is 6.03. The summed E-state index contributed by atoms with van der Waals surface area (Å²) >= 11 is 0. The van der Waals surface area contributed by atoms with Crippen LogP contribution in [0.25, 0.3) is 11.5 Å².